The molecule has 0 saturated carbocycles. The number of nitrogens with one attached hydrogen (secondary N) is 1. The van der Waals surface area contributed by atoms with E-state index in [1.54, 1.807) is 6.92 Å². The van der Waals surface area contributed by atoms with E-state index in [2.05, 4.69) is 9.97 Å². The molecule has 0 amide bonds. The van der Waals surface area contributed by atoms with Gasteiger partial charge in [-0.1, -0.05) is 0 Å². The second-order valence-corrected chi connectivity index (χ2v) is 5.26. The molecule has 1 aliphatic rings. The van der Waals surface area contributed by atoms with Crippen molar-refractivity contribution in [3.05, 3.63) is 44.2 Å². The maximum absolute atomic E-state index is 12.1. The predicted octanol–water partition coefficient (Wildman–Crippen LogP) is -2.15. The Morgan fingerprint density at radius 1 is 1.32 bits per heavy atom. The molecule has 118 valence electrons. The molecule has 0 aliphatic carbocycles. The minimum Gasteiger partial charge on any atom is -0.394 e. The van der Waals surface area contributed by atoms with Gasteiger partial charge in [0.15, 0.2) is 0 Å². The van der Waals surface area contributed by atoms with Gasteiger partial charge >= 0.3 is 0 Å². The Bertz CT molecular complexity index is 829. The summed E-state index contributed by atoms with van der Waals surface area (Å²) in [5.74, 6) is 0.0658. The van der Waals surface area contributed by atoms with E-state index in [1.165, 1.54) is 16.8 Å². The van der Waals surface area contributed by atoms with E-state index in [-0.39, 0.29) is 11.3 Å². The maximum atomic E-state index is 12.1. The van der Waals surface area contributed by atoms with Crippen molar-refractivity contribution >= 4 is 5.78 Å². The van der Waals surface area contributed by atoms with Gasteiger partial charge in [0.2, 0.25) is 5.78 Å². The number of fused-ring (bicyclic) bond motifs is 1. The number of aliphatic hydroxyl groups is 3. The quantitative estimate of drug-likeness (QED) is 0.496. The zero-order chi connectivity index (χ0) is 16.0. The highest BCUT2D eigenvalue weighted by molar-refractivity contribution is 5.31. The highest BCUT2D eigenvalue weighted by Gasteiger charge is 2.44. The molecule has 1 aliphatic heterocycles. The van der Waals surface area contributed by atoms with Crippen LogP contribution in [0.4, 0.5) is 0 Å². The summed E-state index contributed by atoms with van der Waals surface area (Å²) in [6.07, 6.45) is -1.81. The van der Waals surface area contributed by atoms with Crippen molar-refractivity contribution in [1.29, 1.82) is 0 Å². The third kappa shape index (κ3) is 2.24. The lowest BCUT2D eigenvalue weighted by molar-refractivity contribution is -0.0232. The van der Waals surface area contributed by atoms with E-state index in [9.17, 15) is 19.8 Å². The molecule has 0 spiro atoms. The SMILES string of the molecule is Cc1cn2cc(C3OC(CO)C(O)C3O)c(=O)[nH]c2nc1=O. The minimum atomic E-state index is -1.34. The number of aryl methyl sites for hydroxylation is 1. The van der Waals surface area contributed by atoms with Crippen LogP contribution >= 0.6 is 0 Å². The molecule has 2 aromatic heterocycles. The van der Waals surface area contributed by atoms with Crippen LogP contribution in [0.5, 0.6) is 0 Å². The first kappa shape index (κ1) is 14.9. The first-order chi connectivity index (χ1) is 10.4. The van der Waals surface area contributed by atoms with Gasteiger partial charge in [-0.15, -0.1) is 0 Å². The second kappa shape index (κ2) is 5.29. The lowest BCUT2D eigenvalue weighted by Crippen LogP contribution is -2.33. The summed E-state index contributed by atoms with van der Waals surface area (Å²) in [6.45, 7) is 1.10. The largest absolute Gasteiger partial charge is 0.394 e. The molecule has 9 heteroatoms. The zero-order valence-corrected chi connectivity index (χ0v) is 11.6. The van der Waals surface area contributed by atoms with E-state index >= 15 is 0 Å². The van der Waals surface area contributed by atoms with Crippen molar-refractivity contribution in [1.82, 2.24) is 14.4 Å². The van der Waals surface area contributed by atoms with E-state index in [0.29, 0.717) is 5.56 Å². The van der Waals surface area contributed by atoms with Crippen LogP contribution in [0.3, 0.4) is 0 Å². The summed E-state index contributed by atoms with van der Waals surface area (Å²) in [5, 5.41) is 28.9. The molecule has 0 aromatic carbocycles. The second-order valence-electron chi connectivity index (χ2n) is 5.26. The van der Waals surface area contributed by atoms with Gasteiger partial charge in [-0.3, -0.25) is 19.0 Å². The average molecular weight is 309 g/mol. The van der Waals surface area contributed by atoms with Crippen LogP contribution in [0.25, 0.3) is 5.78 Å². The Kier molecular flexibility index (Phi) is 3.57. The lowest BCUT2D eigenvalue weighted by Gasteiger charge is -2.14. The average Bonchev–Trinajstić information content (AvgIpc) is 2.76. The fraction of sp³-hybridized carbons (Fsp3) is 0.462. The summed E-state index contributed by atoms with van der Waals surface area (Å²) in [6, 6.07) is 0. The highest BCUT2D eigenvalue weighted by Crippen LogP contribution is 2.31. The lowest BCUT2D eigenvalue weighted by atomic mass is 10.0. The summed E-state index contributed by atoms with van der Waals surface area (Å²) < 4.78 is 6.77. The van der Waals surface area contributed by atoms with Crippen molar-refractivity contribution in [2.24, 2.45) is 0 Å². The van der Waals surface area contributed by atoms with E-state index in [1.807, 2.05) is 0 Å². The molecule has 2 aromatic rings. The van der Waals surface area contributed by atoms with Crippen LogP contribution in [0, 0.1) is 6.92 Å². The van der Waals surface area contributed by atoms with Gasteiger partial charge in [0, 0.05) is 18.0 Å². The van der Waals surface area contributed by atoms with Crippen molar-refractivity contribution in [3.63, 3.8) is 0 Å². The molecule has 4 unspecified atom stereocenters. The number of H-pyrrole nitrogens is 1. The summed E-state index contributed by atoms with van der Waals surface area (Å²) >= 11 is 0. The summed E-state index contributed by atoms with van der Waals surface area (Å²) in [5.41, 5.74) is -0.585. The van der Waals surface area contributed by atoms with Crippen LogP contribution in [0.1, 0.15) is 17.2 Å². The van der Waals surface area contributed by atoms with Crippen molar-refractivity contribution < 1.29 is 20.1 Å². The molecule has 1 saturated heterocycles. The third-order valence-electron chi connectivity index (χ3n) is 3.74. The Hall–Kier alpha value is -2.07. The standard InChI is InChI=1S/C13H15N3O6/c1-5-2-16-3-6(12(21)15-13(16)14-11(5)20)10-9(19)8(18)7(4-17)22-10/h2-3,7-10,17-19H,4H2,1H3,(H,14,15,20,21). The van der Waals surface area contributed by atoms with E-state index < -0.39 is 42.1 Å². The summed E-state index contributed by atoms with van der Waals surface area (Å²) in [7, 11) is 0. The molecule has 0 bridgehead atoms. The number of aromatic nitrogens is 3. The summed E-state index contributed by atoms with van der Waals surface area (Å²) in [4.78, 5) is 29.8. The molecule has 3 heterocycles. The first-order valence-corrected chi connectivity index (χ1v) is 6.67. The van der Waals surface area contributed by atoms with Crippen LogP contribution in [0.15, 0.2) is 22.0 Å². The fourth-order valence-corrected chi connectivity index (χ4v) is 2.50. The topological polar surface area (TPSA) is 137 Å². The molecular formula is C13H15N3O6. The van der Waals surface area contributed by atoms with Crippen molar-refractivity contribution in [2.75, 3.05) is 6.61 Å². The molecule has 9 nitrogen and oxygen atoms in total. The zero-order valence-electron chi connectivity index (χ0n) is 11.6. The van der Waals surface area contributed by atoms with Crippen LogP contribution in [-0.4, -0.2) is 54.6 Å². The van der Waals surface area contributed by atoms with Gasteiger partial charge in [0.05, 0.1) is 12.2 Å². The molecule has 22 heavy (non-hydrogen) atoms. The van der Waals surface area contributed by atoms with Gasteiger partial charge in [-0.25, -0.2) is 0 Å². The first-order valence-electron chi connectivity index (χ1n) is 6.67. The smallest absolute Gasteiger partial charge is 0.277 e. The highest BCUT2D eigenvalue weighted by atomic mass is 16.6. The molecule has 1 fully saturated rings. The van der Waals surface area contributed by atoms with Crippen molar-refractivity contribution in [2.45, 2.75) is 31.3 Å². The van der Waals surface area contributed by atoms with Gasteiger partial charge in [0.1, 0.15) is 24.4 Å². The van der Waals surface area contributed by atoms with Gasteiger partial charge in [0.25, 0.3) is 11.1 Å². The number of rotatable bonds is 2. The van der Waals surface area contributed by atoms with Gasteiger partial charge in [-0.2, -0.15) is 4.98 Å². The van der Waals surface area contributed by atoms with Crippen LogP contribution < -0.4 is 11.1 Å². The predicted molar refractivity (Wildman–Crippen MR) is 73.5 cm³/mol. The van der Waals surface area contributed by atoms with E-state index in [4.69, 9.17) is 9.84 Å². The van der Waals surface area contributed by atoms with Crippen LogP contribution in [0.2, 0.25) is 0 Å². The number of ether oxygens (including phenoxy) is 1. The monoisotopic (exact) mass is 309 g/mol. The minimum absolute atomic E-state index is 0.0658. The Labute approximate surface area is 123 Å². The van der Waals surface area contributed by atoms with Crippen molar-refractivity contribution in [3.8, 4) is 0 Å². The third-order valence-corrected chi connectivity index (χ3v) is 3.74. The van der Waals surface area contributed by atoms with E-state index in [0.717, 1.165) is 0 Å². The fourth-order valence-electron chi connectivity index (χ4n) is 2.50. The number of hydrogen-bond donors (Lipinski definition) is 4. The maximum Gasteiger partial charge on any atom is 0.277 e. The molecule has 0 radical (unpaired) electrons. The Balaban J connectivity index is 2.12. The van der Waals surface area contributed by atoms with Gasteiger partial charge in [-0.05, 0) is 6.92 Å². The molecule has 4 atom stereocenters. The Morgan fingerprint density at radius 2 is 2.05 bits per heavy atom. The number of aromatic amines is 1. The number of hydrogen-bond acceptors (Lipinski definition) is 7. The van der Waals surface area contributed by atoms with Gasteiger partial charge < -0.3 is 20.1 Å². The molecular weight excluding hydrogens is 294 g/mol. The number of nitrogens with zero attached hydrogens (tertiary/aromatic N) is 2. The van der Waals surface area contributed by atoms with Crippen LogP contribution in [-0.2, 0) is 4.74 Å². The molecule has 4 N–H and O–H groups in total. The molecule has 3 rings (SSSR count). The number of aliphatic hydroxyl groups excluding tert-OH is 3. The Morgan fingerprint density at radius 3 is 2.68 bits per heavy atom. The normalized spacial score (nSPS) is 28.4.